The molecule has 0 amide bonds. The Hall–Kier alpha value is -4.40. The molecule has 2 aromatic heterocycles. The van der Waals surface area contributed by atoms with Crippen molar-refractivity contribution in [2.24, 2.45) is 11.8 Å². The molecule has 2 unspecified atom stereocenters. The second kappa shape index (κ2) is 25.8. The zero-order valence-electron chi connectivity index (χ0n) is 49.4. The van der Waals surface area contributed by atoms with Crippen molar-refractivity contribution >= 4 is 77.7 Å². The third-order valence-corrected chi connectivity index (χ3v) is 27.4. The third kappa shape index (κ3) is 12.2. The van der Waals surface area contributed by atoms with Gasteiger partial charge in [-0.3, -0.25) is 9.36 Å². The summed E-state index contributed by atoms with van der Waals surface area (Å²) in [5.41, 5.74) is 7.89. The molecule has 0 spiro atoms. The zero-order chi connectivity index (χ0) is 56.9. The molecule has 0 radical (unpaired) electrons. The molecule has 12 heteroatoms. The zero-order valence-corrected chi connectivity index (χ0v) is 52.9. The standard InChI is InChI=1S/C67H90N3O5PS2Si/c1-11-17-20-21-22-23-24-25-26-29-36-70-56-35-34-48(37-54(56)67(9,10)61(70)41-52-62(71)51(63(52)72)40-60-66(7,8)53-32-27-28-33-55(53)69(60)16-6)57-42-59-65(78-57)64-58(39-50(77-64)38-49(43-68)76(73,74)75)79(59,44-46(14-4)30-18-12-2)45-47(15-5)31-19-13-3/h27-28,32-35,37-42,46-47H,11-26,29-31,36,44-45H2,1-10H3,(H2-,71,72,73,74,75)/p+1/b49-38-. The van der Waals surface area contributed by atoms with Crippen molar-refractivity contribution in [2.45, 2.75) is 208 Å². The van der Waals surface area contributed by atoms with Crippen molar-refractivity contribution in [1.82, 2.24) is 0 Å². The minimum Gasteiger partial charge on any atom is -0.506 e. The van der Waals surface area contributed by atoms with Gasteiger partial charge in [0.05, 0.1) is 16.6 Å². The number of allylic oxidation sites excluding steroid dienone is 6. The lowest BCUT2D eigenvalue weighted by atomic mass is 9.77. The van der Waals surface area contributed by atoms with Gasteiger partial charge in [0.15, 0.2) is 5.71 Å². The molecule has 4 aliphatic rings. The van der Waals surface area contributed by atoms with Crippen molar-refractivity contribution < 1.29 is 28.8 Å². The quantitative estimate of drug-likeness (QED) is 0.0123. The third-order valence-electron chi connectivity index (χ3n) is 18.4. The predicted molar refractivity (Wildman–Crippen MR) is 338 cm³/mol. The lowest BCUT2D eigenvalue weighted by molar-refractivity contribution is -0.438. The number of hydrogen-bond acceptors (Lipinski definition) is 7. The van der Waals surface area contributed by atoms with Gasteiger partial charge in [-0.25, -0.2) is 0 Å². The Morgan fingerprint density at radius 1 is 0.747 bits per heavy atom. The second-order valence-electron chi connectivity index (χ2n) is 24.4. The van der Waals surface area contributed by atoms with Gasteiger partial charge in [-0.05, 0) is 115 Å². The van der Waals surface area contributed by atoms with E-state index < -0.39 is 26.4 Å². The summed E-state index contributed by atoms with van der Waals surface area (Å²) in [6.45, 7) is 24.2. The highest BCUT2D eigenvalue weighted by molar-refractivity contribution is 7.57. The summed E-state index contributed by atoms with van der Waals surface area (Å²) < 4.78 is 15.0. The molecule has 424 valence electrons. The van der Waals surface area contributed by atoms with E-state index in [1.54, 1.807) is 11.3 Å². The van der Waals surface area contributed by atoms with Gasteiger partial charge in [-0.15, -0.1) is 22.7 Å². The van der Waals surface area contributed by atoms with Crippen LogP contribution in [0.25, 0.3) is 26.3 Å². The molecule has 79 heavy (non-hydrogen) atoms. The van der Waals surface area contributed by atoms with E-state index in [4.69, 9.17) is 0 Å². The van der Waals surface area contributed by atoms with E-state index in [0.717, 1.165) is 91.4 Å². The summed E-state index contributed by atoms with van der Waals surface area (Å²) in [5.74, 6) is 1.07. The fourth-order valence-corrected chi connectivity index (χ4v) is 24.5. The molecule has 4 aromatic rings. The smallest absolute Gasteiger partial charge is 0.366 e. The molecule has 0 saturated carbocycles. The normalized spacial score (nSPS) is 20.0. The molecule has 8 rings (SSSR count). The summed E-state index contributed by atoms with van der Waals surface area (Å²) >= 11 is 3.46. The van der Waals surface area contributed by atoms with Crippen LogP contribution in [0.3, 0.4) is 0 Å². The molecule has 5 heterocycles. The van der Waals surface area contributed by atoms with Crippen molar-refractivity contribution in [3.05, 3.63) is 111 Å². The van der Waals surface area contributed by atoms with Crippen LogP contribution in [-0.2, 0) is 20.2 Å². The van der Waals surface area contributed by atoms with Gasteiger partial charge in [0, 0.05) is 67.0 Å². The first-order valence-electron chi connectivity index (χ1n) is 30.4. The Morgan fingerprint density at radius 2 is 1.34 bits per heavy atom. The van der Waals surface area contributed by atoms with Gasteiger partial charge in [-0.1, -0.05) is 169 Å². The Kier molecular flexibility index (Phi) is 19.8. The van der Waals surface area contributed by atoms with Crippen molar-refractivity contribution in [3.63, 3.8) is 0 Å². The maximum Gasteiger partial charge on any atom is 0.366 e. The summed E-state index contributed by atoms with van der Waals surface area (Å²) in [4.78, 5) is 41.6. The fraction of sp³-hybridized carbons (Fsp3) is 0.537. The van der Waals surface area contributed by atoms with E-state index >= 15 is 0 Å². The lowest BCUT2D eigenvalue weighted by Gasteiger charge is -2.35. The molecule has 0 fully saturated rings. The molecule has 3 aliphatic heterocycles. The number of hydrogen-bond donors (Lipinski definition) is 3. The molecule has 3 N–H and O–H groups in total. The van der Waals surface area contributed by atoms with E-state index in [0.29, 0.717) is 23.0 Å². The van der Waals surface area contributed by atoms with Crippen LogP contribution in [0.1, 0.15) is 201 Å². The van der Waals surface area contributed by atoms with E-state index in [1.807, 2.05) is 29.6 Å². The van der Waals surface area contributed by atoms with Crippen molar-refractivity contribution in [2.75, 3.05) is 18.0 Å². The second-order valence-corrected chi connectivity index (χ2v) is 32.2. The number of fused-ring (bicyclic) bond motifs is 5. The molecular formula is C67H91N3O5PS2Si+. The predicted octanol–water partition coefficient (Wildman–Crippen LogP) is 17.8. The van der Waals surface area contributed by atoms with Gasteiger partial charge in [-0.2, -0.15) is 9.84 Å². The molecule has 2 aromatic carbocycles. The number of para-hydroxylation sites is 1. The molecular weight excluding hydrogens is 1050 g/mol. The number of Topliss-reactive ketones (excluding diaryl/α,β-unsaturated/α-hetero) is 1. The Morgan fingerprint density at radius 3 is 1.92 bits per heavy atom. The minimum absolute atomic E-state index is 0.0667. The first-order chi connectivity index (χ1) is 37.8. The number of benzene rings is 2. The molecule has 2 atom stereocenters. The number of likely N-dealkylation sites (N-methyl/N-ethyl adjacent to an activating group) is 1. The molecule has 0 saturated heterocycles. The van der Waals surface area contributed by atoms with E-state index in [1.165, 1.54) is 125 Å². The lowest BCUT2D eigenvalue weighted by Crippen LogP contribution is -2.56. The SMILES string of the molecule is CCCCCCCCCCCC[N+]1=C(/C=C2/C(=O)C(/C=C3\N(CC)c4ccccc4C3(C)C)=C2O)C(C)(C)c2cc(-c3cc4c(s3)-c3sc(/C=C(/C#N)P(=O)(O)O)cc3[Si]4(CC(CC)CCCC)CC(CC)CCCC)ccc21. The van der Waals surface area contributed by atoms with E-state index in [9.17, 15) is 29.5 Å². The number of ketones is 1. The van der Waals surface area contributed by atoms with Crippen LogP contribution >= 0.6 is 30.3 Å². The van der Waals surface area contributed by atoms with Gasteiger partial charge in [0.1, 0.15) is 31.8 Å². The average molecular weight is 1140 g/mol. The maximum absolute atomic E-state index is 14.5. The fourth-order valence-electron chi connectivity index (χ4n) is 13.6. The van der Waals surface area contributed by atoms with E-state index in [-0.39, 0.29) is 17.0 Å². The van der Waals surface area contributed by atoms with Crippen molar-refractivity contribution in [1.29, 1.82) is 5.26 Å². The molecule has 0 bridgehead atoms. The summed E-state index contributed by atoms with van der Waals surface area (Å²) in [6.07, 6.45) is 27.2. The molecule has 8 nitrogen and oxygen atoms in total. The Labute approximate surface area is 483 Å². The van der Waals surface area contributed by atoms with Crippen LogP contribution in [0.2, 0.25) is 12.1 Å². The number of carbonyl (C=O) groups excluding carboxylic acids is 1. The number of nitriles is 1. The van der Waals surface area contributed by atoms with Gasteiger partial charge < -0.3 is 19.8 Å². The number of carbonyl (C=O) groups is 1. The van der Waals surface area contributed by atoms with Crippen LogP contribution in [0.5, 0.6) is 0 Å². The number of thiophene rings is 2. The monoisotopic (exact) mass is 1140 g/mol. The Bertz CT molecular complexity index is 3120. The first-order valence-corrected chi connectivity index (χ1v) is 36.1. The number of rotatable bonds is 29. The summed E-state index contributed by atoms with van der Waals surface area (Å²) in [6, 6.07) is 24.3. The summed E-state index contributed by atoms with van der Waals surface area (Å²) in [5, 5.41) is 24.3. The number of nitrogens with zero attached hydrogens (tertiary/aromatic N) is 3. The van der Waals surface area contributed by atoms with Gasteiger partial charge >= 0.3 is 7.60 Å². The van der Waals surface area contributed by atoms with Crippen LogP contribution in [0.4, 0.5) is 11.4 Å². The number of aliphatic hydroxyl groups is 1. The molecule has 1 aliphatic carbocycles. The topological polar surface area (TPSA) is 125 Å². The van der Waals surface area contributed by atoms with Crippen LogP contribution < -0.4 is 15.3 Å². The van der Waals surface area contributed by atoms with E-state index in [2.05, 4.69) is 133 Å². The van der Waals surface area contributed by atoms with Crippen molar-refractivity contribution in [3.8, 4) is 26.3 Å². The van der Waals surface area contributed by atoms with Crippen LogP contribution in [0, 0.1) is 23.2 Å². The minimum atomic E-state index is -4.76. The van der Waals surface area contributed by atoms with Gasteiger partial charge in [0.2, 0.25) is 11.5 Å². The largest absolute Gasteiger partial charge is 0.506 e. The van der Waals surface area contributed by atoms with Crippen LogP contribution in [-0.4, -0.2) is 52.1 Å². The Balaban J connectivity index is 1.20. The number of aliphatic hydroxyl groups excluding tert-OH is 1. The highest BCUT2D eigenvalue weighted by Crippen LogP contribution is 2.52. The maximum atomic E-state index is 14.5. The average Bonchev–Trinajstić information content (AvgIpc) is 4.42. The van der Waals surface area contributed by atoms with Crippen LogP contribution in [0.15, 0.2) is 94.7 Å². The number of anilines is 1. The highest BCUT2D eigenvalue weighted by Gasteiger charge is 2.51. The summed E-state index contributed by atoms with van der Waals surface area (Å²) in [7, 11) is -7.25. The number of unbranched alkanes of at least 4 members (excludes halogenated alkanes) is 11. The van der Waals surface area contributed by atoms with Gasteiger partial charge in [0.25, 0.3) is 0 Å². The highest BCUT2D eigenvalue weighted by atomic mass is 32.1. The first kappa shape index (κ1) is 60.7.